The van der Waals surface area contributed by atoms with Crippen LogP contribution < -0.4 is 16.0 Å². The second-order valence-corrected chi connectivity index (χ2v) is 7.28. The number of nitriles is 1. The number of hydrogen-bond acceptors (Lipinski definition) is 5. The predicted octanol–water partition coefficient (Wildman–Crippen LogP) is 2.82. The zero-order chi connectivity index (χ0) is 18.7. The third-order valence-electron chi connectivity index (χ3n) is 4.69. The quantitative estimate of drug-likeness (QED) is 0.847. The van der Waals surface area contributed by atoms with Gasteiger partial charge in [0.05, 0.1) is 11.5 Å². The van der Waals surface area contributed by atoms with Crippen LogP contribution in [0.25, 0.3) is 0 Å². The molecule has 2 aromatic rings. The molecule has 134 valence electrons. The molecule has 26 heavy (non-hydrogen) atoms. The van der Waals surface area contributed by atoms with E-state index < -0.39 is 0 Å². The van der Waals surface area contributed by atoms with Crippen molar-refractivity contribution in [1.82, 2.24) is 0 Å². The first kappa shape index (κ1) is 18.0. The molecule has 1 aliphatic heterocycles. The molecule has 1 aliphatic rings. The number of nitrogens with two attached hydrogens (primary N) is 1. The molecule has 0 saturated carbocycles. The molecule has 2 amide bonds. The SMILES string of the molecule is C[C@@H]1C[C@H](C(N)=O)c2ccccc2N1CCC(=O)Nc1sccc1C#N. The predicted molar refractivity (Wildman–Crippen MR) is 102 cm³/mol. The van der Waals surface area contributed by atoms with Crippen molar-refractivity contribution in [2.45, 2.75) is 31.7 Å². The first-order chi connectivity index (χ1) is 12.5. The van der Waals surface area contributed by atoms with Gasteiger partial charge in [0.15, 0.2) is 0 Å². The van der Waals surface area contributed by atoms with Crippen LogP contribution in [0.15, 0.2) is 35.7 Å². The van der Waals surface area contributed by atoms with E-state index in [0.717, 1.165) is 11.3 Å². The number of benzene rings is 1. The van der Waals surface area contributed by atoms with Gasteiger partial charge in [-0.05, 0) is 36.4 Å². The molecule has 6 nitrogen and oxygen atoms in total. The smallest absolute Gasteiger partial charge is 0.226 e. The second-order valence-electron chi connectivity index (χ2n) is 6.37. The van der Waals surface area contributed by atoms with Gasteiger partial charge in [0.25, 0.3) is 0 Å². The molecule has 0 aliphatic carbocycles. The van der Waals surface area contributed by atoms with Crippen LogP contribution in [0.4, 0.5) is 10.7 Å². The Balaban J connectivity index is 1.71. The van der Waals surface area contributed by atoms with Crippen LogP contribution >= 0.6 is 11.3 Å². The summed E-state index contributed by atoms with van der Waals surface area (Å²) in [5, 5.41) is 14.2. The molecule has 0 bridgehead atoms. The number of fused-ring (bicyclic) bond motifs is 1. The van der Waals surface area contributed by atoms with E-state index in [1.54, 1.807) is 11.4 Å². The number of carbonyl (C=O) groups excluding carboxylic acids is 2. The normalized spacial score (nSPS) is 18.7. The monoisotopic (exact) mass is 368 g/mol. The van der Waals surface area contributed by atoms with Crippen molar-refractivity contribution < 1.29 is 9.59 Å². The number of rotatable bonds is 5. The number of primary amides is 1. The highest BCUT2D eigenvalue weighted by Gasteiger charge is 2.32. The van der Waals surface area contributed by atoms with Crippen LogP contribution in [0.2, 0.25) is 0 Å². The molecule has 0 radical (unpaired) electrons. The van der Waals surface area contributed by atoms with Crippen molar-refractivity contribution in [3.8, 4) is 6.07 Å². The summed E-state index contributed by atoms with van der Waals surface area (Å²) in [5.41, 5.74) is 7.92. The topological polar surface area (TPSA) is 99.2 Å². The second kappa shape index (κ2) is 7.58. The van der Waals surface area contributed by atoms with Gasteiger partial charge >= 0.3 is 0 Å². The van der Waals surface area contributed by atoms with Crippen LogP contribution in [0.3, 0.4) is 0 Å². The van der Waals surface area contributed by atoms with Gasteiger partial charge in [-0.15, -0.1) is 11.3 Å². The van der Waals surface area contributed by atoms with E-state index >= 15 is 0 Å². The van der Waals surface area contributed by atoms with Crippen LogP contribution in [-0.2, 0) is 9.59 Å². The minimum Gasteiger partial charge on any atom is -0.369 e. The highest BCUT2D eigenvalue weighted by molar-refractivity contribution is 7.14. The molecule has 2 heterocycles. The molecule has 0 fully saturated rings. The van der Waals surface area contributed by atoms with Crippen molar-refractivity contribution >= 4 is 33.8 Å². The molecule has 3 N–H and O–H groups in total. The Labute approximate surface area is 156 Å². The summed E-state index contributed by atoms with van der Waals surface area (Å²) in [7, 11) is 0. The summed E-state index contributed by atoms with van der Waals surface area (Å²) < 4.78 is 0. The number of nitrogens with zero attached hydrogens (tertiary/aromatic N) is 2. The molecule has 3 rings (SSSR count). The molecule has 0 saturated heterocycles. The Morgan fingerprint density at radius 1 is 1.38 bits per heavy atom. The van der Waals surface area contributed by atoms with E-state index in [-0.39, 0.29) is 23.8 Å². The molecular formula is C19H20N4O2S. The molecule has 0 spiro atoms. The number of hydrogen-bond donors (Lipinski definition) is 2. The fraction of sp³-hybridized carbons (Fsp3) is 0.316. The Morgan fingerprint density at radius 2 is 2.15 bits per heavy atom. The third-order valence-corrected chi connectivity index (χ3v) is 5.52. The van der Waals surface area contributed by atoms with Gasteiger partial charge in [-0.2, -0.15) is 5.26 Å². The Bertz CT molecular complexity index is 870. The summed E-state index contributed by atoms with van der Waals surface area (Å²) in [4.78, 5) is 26.2. The van der Waals surface area contributed by atoms with E-state index in [1.807, 2.05) is 31.2 Å². The van der Waals surface area contributed by atoms with Crippen molar-refractivity contribution in [3.05, 3.63) is 46.8 Å². The van der Waals surface area contributed by atoms with E-state index in [0.29, 0.717) is 30.0 Å². The van der Waals surface area contributed by atoms with Crippen LogP contribution in [0, 0.1) is 11.3 Å². The largest absolute Gasteiger partial charge is 0.369 e. The third kappa shape index (κ3) is 3.55. The lowest BCUT2D eigenvalue weighted by atomic mass is 9.85. The van der Waals surface area contributed by atoms with E-state index in [9.17, 15) is 9.59 Å². The van der Waals surface area contributed by atoms with E-state index in [4.69, 9.17) is 11.0 Å². The van der Waals surface area contributed by atoms with Crippen LogP contribution in [0.1, 0.15) is 36.8 Å². The van der Waals surface area contributed by atoms with Crippen molar-refractivity contribution in [2.75, 3.05) is 16.8 Å². The maximum Gasteiger partial charge on any atom is 0.226 e. The molecule has 1 aromatic heterocycles. The number of nitrogens with one attached hydrogen (secondary N) is 1. The number of anilines is 2. The van der Waals surface area contributed by atoms with Crippen molar-refractivity contribution in [2.24, 2.45) is 5.73 Å². The van der Waals surface area contributed by atoms with Gasteiger partial charge in [-0.3, -0.25) is 9.59 Å². The molecule has 2 atom stereocenters. The van der Waals surface area contributed by atoms with Gasteiger partial charge in [0.2, 0.25) is 11.8 Å². The zero-order valence-electron chi connectivity index (χ0n) is 14.4. The van der Waals surface area contributed by atoms with Crippen LogP contribution in [0.5, 0.6) is 0 Å². The van der Waals surface area contributed by atoms with Crippen molar-refractivity contribution in [1.29, 1.82) is 5.26 Å². The summed E-state index contributed by atoms with van der Waals surface area (Å²) in [6, 6.07) is 11.6. The summed E-state index contributed by atoms with van der Waals surface area (Å²) in [6.45, 7) is 2.57. The van der Waals surface area contributed by atoms with Gasteiger partial charge in [0.1, 0.15) is 11.1 Å². The lowest BCUT2D eigenvalue weighted by molar-refractivity contribution is -0.120. The standard InChI is InChI=1S/C19H20N4O2S/c1-12-10-15(18(21)25)14-4-2-3-5-16(14)23(12)8-6-17(24)22-19-13(11-20)7-9-26-19/h2-5,7,9,12,15H,6,8,10H2,1H3,(H2,21,25)(H,22,24)/t12-,15+/m1/s1. The first-order valence-corrected chi connectivity index (χ1v) is 9.31. The fourth-order valence-electron chi connectivity index (χ4n) is 3.39. The average molecular weight is 368 g/mol. The summed E-state index contributed by atoms with van der Waals surface area (Å²) in [6.07, 6.45) is 0.931. The van der Waals surface area contributed by atoms with Crippen LogP contribution in [-0.4, -0.2) is 24.4 Å². The lowest BCUT2D eigenvalue weighted by Gasteiger charge is -2.40. The number of carbonyl (C=O) groups is 2. The lowest BCUT2D eigenvalue weighted by Crippen LogP contribution is -2.43. The summed E-state index contributed by atoms with van der Waals surface area (Å²) >= 11 is 1.34. The Morgan fingerprint density at radius 3 is 2.88 bits per heavy atom. The molecule has 7 heteroatoms. The Kier molecular flexibility index (Phi) is 5.24. The molecular weight excluding hydrogens is 348 g/mol. The van der Waals surface area contributed by atoms with E-state index in [1.165, 1.54) is 11.3 Å². The fourth-order valence-corrected chi connectivity index (χ4v) is 4.15. The Hall–Kier alpha value is -2.85. The average Bonchev–Trinajstić information content (AvgIpc) is 3.07. The number of amides is 2. The molecule has 0 unspecified atom stereocenters. The highest BCUT2D eigenvalue weighted by Crippen LogP contribution is 2.38. The number of para-hydroxylation sites is 1. The molecule has 1 aromatic carbocycles. The summed E-state index contributed by atoms with van der Waals surface area (Å²) in [5.74, 6) is -0.746. The van der Waals surface area contributed by atoms with Gasteiger partial charge in [0, 0.05) is 24.7 Å². The van der Waals surface area contributed by atoms with Gasteiger partial charge < -0.3 is 16.0 Å². The van der Waals surface area contributed by atoms with Gasteiger partial charge in [-0.25, -0.2) is 0 Å². The maximum atomic E-state index is 12.3. The minimum absolute atomic E-state index is 0.103. The minimum atomic E-state index is -0.316. The highest BCUT2D eigenvalue weighted by atomic mass is 32.1. The zero-order valence-corrected chi connectivity index (χ0v) is 15.3. The maximum absolute atomic E-state index is 12.3. The van der Waals surface area contributed by atoms with Gasteiger partial charge in [-0.1, -0.05) is 18.2 Å². The number of thiophene rings is 1. The first-order valence-electron chi connectivity index (χ1n) is 8.43. The van der Waals surface area contributed by atoms with E-state index in [2.05, 4.69) is 16.3 Å². The van der Waals surface area contributed by atoms with Crippen molar-refractivity contribution in [3.63, 3.8) is 0 Å².